The van der Waals surface area contributed by atoms with Crippen molar-refractivity contribution in [2.75, 3.05) is 0 Å². The van der Waals surface area contributed by atoms with Crippen molar-refractivity contribution in [2.24, 2.45) is 0 Å². The van der Waals surface area contributed by atoms with Gasteiger partial charge in [-0.2, -0.15) is 0 Å². The summed E-state index contributed by atoms with van der Waals surface area (Å²) in [4.78, 5) is 38.5. The Balaban J connectivity index is 1.87. The first-order valence-electron chi connectivity index (χ1n) is 6.21. The van der Waals surface area contributed by atoms with Crippen molar-refractivity contribution >= 4 is 18.0 Å². The second kappa shape index (κ2) is 6.71. The van der Waals surface area contributed by atoms with Crippen LogP contribution in [-0.2, 0) is 25.8 Å². The Bertz CT molecular complexity index is 533. The number of carboxylic acid groups (broad SMARTS) is 1. The highest BCUT2D eigenvalue weighted by Gasteiger charge is 2.37. The highest BCUT2D eigenvalue weighted by Crippen LogP contribution is 2.10. The van der Waals surface area contributed by atoms with Gasteiger partial charge in [0.1, 0.15) is 12.7 Å². The smallest absolute Gasteiger partial charge is 0.408 e. The molecule has 0 aromatic heterocycles. The molecule has 0 aliphatic carbocycles. The third-order valence-electron chi connectivity index (χ3n) is 2.83. The second-order valence-corrected chi connectivity index (χ2v) is 4.41. The molecule has 8 heteroatoms. The average molecular weight is 294 g/mol. The highest BCUT2D eigenvalue weighted by atomic mass is 16.7. The molecule has 1 heterocycles. The van der Waals surface area contributed by atoms with Gasteiger partial charge in [0, 0.05) is 0 Å². The molecule has 1 aromatic rings. The highest BCUT2D eigenvalue weighted by molar-refractivity contribution is 5.83. The first kappa shape index (κ1) is 14.8. The molecule has 1 aliphatic heterocycles. The lowest BCUT2D eigenvalue weighted by Crippen LogP contribution is -2.49. The number of carbonyl (C=O) groups excluding carboxylic acids is 2. The number of hydrogen-bond donors (Lipinski definition) is 3. The molecule has 2 rings (SSSR count). The van der Waals surface area contributed by atoms with Crippen molar-refractivity contribution in [1.82, 2.24) is 10.8 Å². The minimum Gasteiger partial charge on any atom is -0.480 e. The Morgan fingerprint density at radius 3 is 2.71 bits per heavy atom. The first-order chi connectivity index (χ1) is 10.1. The third-order valence-corrected chi connectivity index (χ3v) is 2.83. The molecule has 0 bridgehead atoms. The van der Waals surface area contributed by atoms with Crippen molar-refractivity contribution in [3.05, 3.63) is 35.9 Å². The van der Waals surface area contributed by atoms with E-state index in [-0.39, 0.29) is 13.0 Å². The van der Waals surface area contributed by atoms with E-state index in [1.807, 2.05) is 11.5 Å². The van der Waals surface area contributed by atoms with E-state index in [1.165, 1.54) is 0 Å². The summed E-state index contributed by atoms with van der Waals surface area (Å²) in [6.45, 7) is 0.0156. The molecule has 1 aliphatic rings. The van der Waals surface area contributed by atoms with Crippen LogP contribution in [0.2, 0.25) is 0 Å². The summed E-state index contributed by atoms with van der Waals surface area (Å²) in [7, 11) is 0. The van der Waals surface area contributed by atoms with Crippen LogP contribution in [0.4, 0.5) is 4.79 Å². The van der Waals surface area contributed by atoms with E-state index in [0.29, 0.717) is 0 Å². The summed E-state index contributed by atoms with van der Waals surface area (Å²) in [5.41, 5.74) is 2.81. The zero-order valence-electron chi connectivity index (χ0n) is 10.9. The lowest BCUT2D eigenvalue weighted by atomic mass is 10.1. The van der Waals surface area contributed by atoms with Crippen LogP contribution >= 0.6 is 0 Å². The van der Waals surface area contributed by atoms with E-state index < -0.39 is 30.1 Å². The maximum Gasteiger partial charge on any atom is 0.408 e. The van der Waals surface area contributed by atoms with Gasteiger partial charge in [-0.25, -0.2) is 15.1 Å². The van der Waals surface area contributed by atoms with Gasteiger partial charge in [0.2, 0.25) is 5.91 Å². The normalized spacial score (nSPS) is 18.7. The van der Waals surface area contributed by atoms with Crippen molar-refractivity contribution < 1.29 is 29.1 Å². The van der Waals surface area contributed by atoms with Gasteiger partial charge in [-0.05, 0) is 5.56 Å². The van der Waals surface area contributed by atoms with Crippen LogP contribution in [0, 0.1) is 0 Å². The Morgan fingerprint density at radius 1 is 1.43 bits per heavy atom. The van der Waals surface area contributed by atoms with Gasteiger partial charge in [0.15, 0.2) is 6.04 Å². The summed E-state index contributed by atoms with van der Waals surface area (Å²) in [5.74, 6) is -1.75. The van der Waals surface area contributed by atoms with Crippen LogP contribution < -0.4 is 10.8 Å². The zero-order valence-corrected chi connectivity index (χ0v) is 10.9. The number of amides is 2. The molecule has 21 heavy (non-hydrogen) atoms. The lowest BCUT2D eigenvalue weighted by Gasteiger charge is -2.18. The summed E-state index contributed by atoms with van der Waals surface area (Å²) in [6.07, 6.45) is -2.01. The van der Waals surface area contributed by atoms with E-state index in [4.69, 9.17) is 14.7 Å². The van der Waals surface area contributed by atoms with E-state index in [0.717, 1.165) is 5.56 Å². The van der Waals surface area contributed by atoms with Gasteiger partial charge in [0.05, 0.1) is 6.42 Å². The number of rotatable bonds is 5. The number of ether oxygens (including phenoxy) is 1. The van der Waals surface area contributed by atoms with Crippen LogP contribution in [0.3, 0.4) is 0 Å². The Hall–Kier alpha value is -2.61. The number of carboxylic acids is 1. The lowest BCUT2D eigenvalue weighted by molar-refractivity contribution is -0.144. The summed E-state index contributed by atoms with van der Waals surface area (Å²) < 4.78 is 4.92. The molecule has 1 saturated heterocycles. The second-order valence-electron chi connectivity index (χ2n) is 4.41. The molecule has 3 N–H and O–H groups in total. The van der Waals surface area contributed by atoms with Gasteiger partial charge in [-0.15, -0.1) is 0 Å². The molecular weight excluding hydrogens is 280 g/mol. The number of aliphatic carboxylic acids is 1. The van der Waals surface area contributed by atoms with Crippen molar-refractivity contribution in [3.8, 4) is 0 Å². The molecule has 0 spiro atoms. The van der Waals surface area contributed by atoms with Crippen molar-refractivity contribution in [3.63, 3.8) is 0 Å². The Morgan fingerprint density at radius 2 is 2.14 bits per heavy atom. The van der Waals surface area contributed by atoms with Gasteiger partial charge >= 0.3 is 12.1 Å². The largest absolute Gasteiger partial charge is 0.480 e. The molecule has 8 nitrogen and oxygen atoms in total. The molecule has 112 valence electrons. The van der Waals surface area contributed by atoms with Gasteiger partial charge in [0.25, 0.3) is 0 Å². The molecule has 0 unspecified atom stereocenters. The van der Waals surface area contributed by atoms with Crippen LogP contribution in [0.1, 0.15) is 12.0 Å². The molecule has 2 atom stereocenters. The number of nitrogens with one attached hydrogen (secondary N) is 2. The topological polar surface area (TPSA) is 114 Å². The quantitative estimate of drug-likeness (QED) is 0.714. The van der Waals surface area contributed by atoms with E-state index in [9.17, 15) is 14.4 Å². The van der Waals surface area contributed by atoms with Crippen LogP contribution in [-0.4, -0.2) is 35.2 Å². The summed E-state index contributed by atoms with van der Waals surface area (Å²) in [6, 6.07) is 7.58. The van der Waals surface area contributed by atoms with Crippen LogP contribution in [0.25, 0.3) is 0 Å². The predicted octanol–water partition coefficient (Wildman–Crippen LogP) is 0.186. The average Bonchev–Trinajstić information content (AvgIpc) is 2.89. The van der Waals surface area contributed by atoms with Gasteiger partial charge in [-0.1, -0.05) is 30.3 Å². The zero-order chi connectivity index (χ0) is 15.2. The molecule has 2 amide bonds. The fourth-order valence-electron chi connectivity index (χ4n) is 1.80. The molecule has 0 saturated carbocycles. The summed E-state index contributed by atoms with van der Waals surface area (Å²) in [5, 5.41) is 11.2. The number of alkyl carbamates (subject to hydrolysis) is 1. The van der Waals surface area contributed by atoms with Crippen molar-refractivity contribution in [2.45, 2.75) is 25.2 Å². The minimum absolute atomic E-state index is 0.0156. The maximum absolute atomic E-state index is 11.6. The van der Waals surface area contributed by atoms with E-state index in [2.05, 4.69) is 5.32 Å². The number of hydrogen-bond acceptors (Lipinski definition) is 5. The standard InChI is InChI=1S/C13H14N2O6/c16-10-6-9(21-15-10)11(12(17)18)14-13(19)20-7-8-4-2-1-3-5-8/h1-5,9,11H,6-7H2,(H,14,19)(H,15,16)(H,17,18)/t9-,11-/m0/s1. The van der Waals surface area contributed by atoms with Crippen LogP contribution in [0.5, 0.6) is 0 Å². The molecule has 1 aromatic carbocycles. The van der Waals surface area contributed by atoms with Crippen LogP contribution in [0.15, 0.2) is 30.3 Å². The van der Waals surface area contributed by atoms with E-state index >= 15 is 0 Å². The maximum atomic E-state index is 11.6. The fraction of sp³-hybridized carbons (Fsp3) is 0.308. The van der Waals surface area contributed by atoms with E-state index in [1.54, 1.807) is 24.3 Å². The third kappa shape index (κ3) is 4.18. The first-order valence-corrected chi connectivity index (χ1v) is 6.21. The monoisotopic (exact) mass is 294 g/mol. The summed E-state index contributed by atoms with van der Waals surface area (Å²) >= 11 is 0. The fourth-order valence-corrected chi connectivity index (χ4v) is 1.80. The van der Waals surface area contributed by atoms with Gasteiger partial charge < -0.3 is 15.2 Å². The molecular formula is C13H14N2O6. The number of hydroxylamine groups is 1. The number of carbonyl (C=O) groups is 3. The number of benzene rings is 1. The SMILES string of the molecule is O=C1C[C@@H]([C@H](NC(=O)OCc2ccccc2)C(=O)O)ON1. The Kier molecular flexibility index (Phi) is 4.72. The predicted molar refractivity (Wildman–Crippen MR) is 68.8 cm³/mol. The minimum atomic E-state index is -1.37. The molecule has 1 fully saturated rings. The van der Waals surface area contributed by atoms with Gasteiger partial charge in [-0.3, -0.25) is 9.63 Å². The molecule has 0 radical (unpaired) electrons. The Labute approximate surface area is 120 Å². The van der Waals surface area contributed by atoms with Crippen molar-refractivity contribution in [1.29, 1.82) is 0 Å².